The fourth-order valence-electron chi connectivity index (χ4n) is 5.44. The monoisotopic (exact) mass is 521 g/mol. The summed E-state index contributed by atoms with van der Waals surface area (Å²) >= 11 is 0. The van der Waals surface area contributed by atoms with Crippen LogP contribution in [0, 0.1) is 5.41 Å². The molecule has 0 bridgehead atoms. The number of hydrogen-bond donors (Lipinski definition) is 1. The second-order valence-corrected chi connectivity index (χ2v) is 14.4. The Labute approximate surface area is 209 Å². The van der Waals surface area contributed by atoms with Crippen LogP contribution >= 0.6 is 0 Å². The smallest absolute Gasteiger partial charge is 0.261 e. The summed E-state index contributed by atoms with van der Waals surface area (Å²) in [5.74, 6) is 0. The standard InChI is InChI=1S/C25H35N3O5S2/c1-19-16-25(17-24(2,3)33-18-25)14-15-28(19)23-9-7-6-8-22(23)26-34(29,30)20-10-12-21(13-11-20)35(31,32)27(4)5/h6-13,19,26H,14-18H2,1-5H3/t19-,25-/m1/s1. The van der Waals surface area contributed by atoms with Crippen LogP contribution in [0.2, 0.25) is 0 Å². The Kier molecular flexibility index (Phi) is 6.72. The summed E-state index contributed by atoms with van der Waals surface area (Å²) < 4.78 is 60.9. The Bertz CT molecular complexity index is 1290. The van der Waals surface area contributed by atoms with Crippen LogP contribution in [0.4, 0.5) is 11.4 Å². The average molecular weight is 522 g/mol. The van der Waals surface area contributed by atoms with Crippen molar-refractivity contribution in [3.8, 4) is 0 Å². The lowest BCUT2D eigenvalue weighted by Crippen LogP contribution is -2.46. The molecular weight excluding hydrogens is 486 g/mol. The zero-order valence-corrected chi connectivity index (χ0v) is 22.6. The number of benzene rings is 2. The lowest BCUT2D eigenvalue weighted by Gasteiger charge is -2.45. The lowest BCUT2D eigenvalue weighted by molar-refractivity contribution is 0.0287. The Morgan fingerprint density at radius 2 is 1.63 bits per heavy atom. The van der Waals surface area contributed by atoms with E-state index in [-0.39, 0.29) is 26.8 Å². The Balaban J connectivity index is 1.55. The number of para-hydroxylation sites is 2. The predicted octanol–water partition coefficient (Wildman–Crippen LogP) is 3.91. The van der Waals surface area contributed by atoms with Crippen molar-refractivity contribution < 1.29 is 21.6 Å². The highest BCUT2D eigenvalue weighted by Gasteiger charge is 2.47. The van der Waals surface area contributed by atoms with Crippen LogP contribution in [0.5, 0.6) is 0 Å². The first-order valence-corrected chi connectivity index (χ1v) is 14.7. The fourth-order valence-corrected chi connectivity index (χ4v) is 7.41. The van der Waals surface area contributed by atoms with Gasteiger partial charge in [-0.15, -0.1) is 0 Å². The molecule has 0 aromatic heterocycles. The van der Waals surface area contributed by atoms with Crippen LogP contribution in [-0.4, -0.2) is 60.0 Å². The molecule has 0 saturated carbocycles. The average Bonchev–Trinajstić information content (AvgIpc) is 3.08. The van der Waals surface area contributed by atoms with Gasteiger partial charge in [0.05, 0.1) is 33.4 Å². The van der Waals surface area contributed by atoms with Crippen molar-refractivity contribution in [1.29, 1.82) is 0 Å². The van der Waals surface area contributed by atoms with Gasteiger partial charge in [0, 0.05) is 32.1 Å². The number of rotatable bonds is 6. The van der Waals surface area contributed by atoms with Crippen molar-refractivity contribution in [1.82, 2.24) is 4.31 Å². The molecule has 0 unspecified atom stereocenters. The van der Waals surface area contributed by atoms with E-state index in [1.54, 1.807) is 12.1 Å². The molecule has 0 amide bonds. The second kappa shape index (κ2) is 9.06. The highest BCUT2D eigenvalue weighted by Crippen LogP contribution is 2.49. The molecule has 2 fully saturated rings. The summed E-state index contributed by atoms with van der Waals surface area (Å²) in [7, 11) is -4.69. The zero-order chi connectivity index (χ0) is 25.6. The molecule has 1 N–H and O–H groups in total. The van der Waals surface area contributed by atoms with E-state index in [9.17, 15) is 16.8 Å². The predicted molar refractivity (Wildman–Crippen MR) is 138 cm³/mol. The van der Waals surface area contributed by atoms with E-state index < -0.39 is 20.0 Å². The lowest BCUT2D eigenvalue weighted by atomic mass is 9.72. The Morgan fingerprint density at radius 1 is 1.00 bits per heavy atom. The molecule has 192 valence electrons. The van der Waals surface area contributed by atoms with Crippen molar-refractivity contribution in [3.05, 3.63) is 48.5 Å². The molecule has 2 aromatic rings. The molecule has 2 heterocycles. The highest BCUT2D eigenvalue weighted by atomic mass is 32.2. The molecule has 2 atom stereocenters. The maximum atomic E-state index is 13.2. The van der Waals surface area contributed by atoms with Crippen LogP contribution in [0.3, 0.4) is 0 Å². The van der Waals surface area contributed by atoms with Crippen molar-refractivity contribution in [2.24, 2.45) is 5.41 Å². The van der Waals surface area contributed by atoms with Crippen LogP contribution in [0.1, 0.15) is 40.0 Å². The molecule has 35 heavy (non-hydrogen) atoms. The second-order valence-electron chi connectivity index (χ2n) is 10.6. The van der Waals surface area contributed by atoms with Crippen LogP contribution in [0.15, 0.2) is 58.3 Å². The van der Waals surface area contributed by atoms with E-state index in [1.807, 2.05) is 12.1 Å². The first-order chi connectivity index (χ1) is 16.2. The van der Waals surface area contributed by atoms with Crippen LogP contribution in [0.25, 0.3) is 0 Å². The first-order valence-electron chi connectivity index (χ1n) is 11.8. The maximum Gasteiger partial charge on any atom is 0.261 e. The third kappa shape index (κ3) is 5.21. The fraction of sp³-hybridized carbons (Fsp3) is 0.520. The van der Waals surface area contributed by atoms with E-state index in [0.717, 1.165) is 42.4 Å². The summed E-state index contributed by atoms with van der Waals surface area (Å²) in [5.41, 5.74) is 1.41. The van der Waals surface area contributed by atoms with Gasteiger partial charge in [-0.1, -0.05) is 12.1 Å². The van der Waals surface area contributed by atoms with Gasteiger partial charge in [0.15, 0.2) is 0 Å². The number of ether oxygens (including phenoxy) is 1. The molecule has 4 rings (SSSR count). The van der Waals surface area contributed by atoms with Gasteiger partial charge in [-0.3, -0.25) is 4.72 Å². The van der Waals surface area contributed by atoms with Gasteiger partial charge in [0.2, 0.25) is 10.0 Å². The van der Waals surface area contributed by atoms with Gasteiger partial charge in [-0.25, -0.2) is 21.1 Å². The van der Waals surface area contributed by atoms with E-state index in [2.05, 4.69) is 30.4 Å². The molecular formula is C25H35N3O5S2. The molecule has 2 saturated heterocycles. The van der Waals surface area contributed by atoms with Crippen molar-refractivity contribution in [2.75, 3.05) is 36.9 Å². The van der Waals surface area contributed by atoms with Crippen molar-refractivity contribution in [3.63, 3.8) is 0 Å². The summed E-state index contributed by atoms with van der Waals surface area (Å²) in [4.78, 5) is 2.30. The molecule has 1 spiro atoms. The number of anilines is 2. The van der Waals surface area contributed by atoms with E-state index in [4.69, 9.17) is 4.74 Å². The molecule has 8 nitrogen and oxygen atoms in total. The number of nitrogens with zero attached hydrogens (tertiary/aromatic N) is 2. The zero-order valence-electron chi connectivity index (χ0n) is 21.0. The SMILES string of the molecule is C[C@@H]1C[C@@]2(CCN1c1ccccc1NS(=O)(=O)c1ccc(S(=O)(=O)N(C)C)cc1)COC(C)(C)C2. The quantitative estimate of drug-likeness (QED) is 0.619. The van der Waals surface area contributed by atoms with E-state index in [0.29, 0.717) is 5.69 Å². The molecule has 10 heteroatoms. The summed E-state index contributed by atoms with van der Waals surface area (Å²) in [5, 5.41) is 0. The highest BCUT2D eigenvalue weighted by molar-refractivity contribution is 7.92. The summed E-state index contributed by atoms with van der Waals surface area (Å²) in [6.45, 7) is 8.06. The summed E-state index contributed by atoms with van der Waals surface area (Å²) in [6.07, 6.45) is 3.01. The minimum atomic E-state index is -3.92. The number of hydrogen-bond acceptors (Lipinski definition) is 6. The number of nitrogens with one attached hydrogen (secondary N) is 1. The summed E-state index contributed by atoms with van der Waals surface area (Å²) in [6, 6.07) is 12.9. The van der Waals surface area contributed by atoms with Crippen molar-refractivity contribution in [2.45, 2.75) is 61.5 Å². The maximum absolute atomic E-state index is 13.2. The Morgan fingerprint density at radius 3 is 2.20 bits per heavy atom. The van der Waals surface area contributed by atoms with E-state index in [1.165, 1.54) is 38.4 Å². The van der Waals surface area contributed by atoms with Crippen molar-refractivity contribution >= 4 is 31.4 Å². The third-order valence-corrected chi connectivity index (χ3v) is 10.3. The molecule has 2 aromatic carbocycles. The van der Waals surface area contributed by atoms with Gasteiger partial charge >= 0.3 is 0 Å². The minimum absolute atomic E-state index is 0.000917. The third-order valence-electron chi connectivity index (χ3n) is 7.08. The molecule has 0 radical (unpaired) electrons. The van der Waals surface area contributed by atoms with Gasteiger partial charge < -0.3 is 9.64 Å². The molecule has 0 aliphatic carbocycles. The topological polar surface area (TPSA) is 96.0 Å². The van der Waals surface area contributed by atoms with Crippen LogP contribution < -0.4 is 9.62 Å². The normalized spacial score (nSPS) is 24.7. The Hall–Kier alpha value is -2.14. The minimum Gasteiger partial charge on any atom is -0.375 e. The first kappa shape index (κ1) is 25.9. The number of piperidine rings is 1. The van der Waals surface area contributed by atoms with Gasteiger partial charge in [-0.05, 0) is 76.4 Å². The van der Waals surface area contributed by atoms with Crippen LogP contribution in [-0.2, 0) is 24.8 Å². The van der Waals surface area contributed by atoms with E-state index >= 15 is 0 Å². The van der Waals surface area contributed by atoms with Gasteiger partial charge in [0.1, 0.15) is 0 Å². The largest absolute Gasteiger partial charge is 0.375 e. The molecule has 2 aliphatic heterocycles. The molecule has 2 aliphatic rings. The van der Waals surface area contributed by atoms with Gasteiger partial charge in [0.25, 0.3) is 10.0 Å². The number of sulfonamides is 2. The van der Waals surface area contributed by atoms with Gasteiger partial charge in [-0.2, -0.15) is 0 Å².